The van der Waals surface area contributed by atoms with Gasteiger partial charge in [0, 0.05) is 88.5 Å². The van der Waals surface area contributed by atoms with Gasteiger partial charge >= 0.3 is 0 Å². The molecule has 9 rings (SSSR count). The van der Waals surface area contributed by atoms with E-state index in [0.29, 0.717) is 35.1 Å². The third-order valence-corrected chi connectivity index (χ3v) is 14.9. The highest BCUT2D eigenvalue weighted by Crippen LogP contribution is 2.35. The Balaban J connectivity index is 0.629. The van der Waals surface area contributed by atoms with Gasteiger partial charge in [0.2, 0.25) is 27.8 Å². The quantitative estimate of drug-likeness (QED) is 0.106. The number of fused-ring (bicyclic) bond motifs is 1. The number of hydrogen-bond donors (Lipinski definition) is 2. The zero-order chi connectivity index (χ0) is 48.3. The van der Waals surface area contributed by atoms with Gasteiger partial charge < -0.3 is 29.1 Å². The van der Waals surface area contributed by atoms with Crippen molar-refractivity contribution in [2.24, 2.45) is 11.8 Å². The van der Waals surface area contributed by atoms with Gasteiger partial charge in [-0.3, -0.25) is 34.1 Å². The lowest BCUT2D eigenvalue weighted by molar-refractivity contribution is -0.136. The second kappa shape index (κ2) is 20.6. The number of carbonyl (C=O) groups excluding carboxylic acids is 4. The van der Waals surface area contributed by atoms with Crippen molar-refractivity contribution < 1.29 is 37.1 Å². The molecule has 0 spiro atoms. The molecular formula is C51H63N9O8S. The molecule has 0 aliphatic carbocycles. The Hall–Kier alpha value is -5.95. The molecule has 5 aliphatic rings. The first kappa shape index (κ1) is 48.1. The fraction of sp³-hybridized carbons (Fsp3) is 0.490. The van der Waals surface area contributed by atoms with E-state index in [1.54, 1.807) is 18.2 Å². The smallest absolute Gasteiger partial charge is 0.262 e. The topological polar surface area (TPSA) is 187 Å². The van der Waals surface area contributed by atoms with Crippen LogP contribution in [0.1, 0.15) is 83.5 Å². The maximum Gasteiger partial charge on any atom is 0.262 e. The molecule has 18 heteroatoms. The number of benzene rings is 3. The highest BCUT2D eigenvalue weighted by molar-refractivity contribution is 7.92. The molecule has 3 aromatic carbocycles. The van der Waals surface area contributed by atoms with Crippen molar-refractivity contribution in [3.05, 3.63) is 107 Å². The van der Waals surface area contributed by atoms with Crippen LogP contribution < -0.4 is 24.4 Å². The Morgan fingerprint density at radius 2 is 1.36 bits per heavy atom. The Kier molecular flexibility index (Phi) is 14.3. The molecule has 4 fully saturated rings. The van der Waals surface area contributed by atoms with Gasteiger partial charge in [-0.25, -0.2) is 18.4 Å². The van der Waals surface area contributed by atoms with Gasteiger partial charge in [0.25, 0.3) is 11.8 Å². The number of likely N-dealkylation sites (tertiary alicyclic amines) is 1. The van der Waals surface area contributed by atoms with Crippen LogP contribution in [-0.2, 0) is 31.6 Å². The SMILES string of the molecule is CC(C)(c1ccc(OCCCN2CCN(CC3CCN(CC4CN(c5ccc6c(c5)C(=O)N(C5CCC(=O)NC5=O)C6=O)C4)CC3)CC2)cc1)c1ccc(OCc2ccnc(NS(C)(=O)=O)n2)cc1. The molecule has 1 unspecified atom stereocenters. The molecule has 1 atom stereocenters. The summed E-state index contributed by atoms with van der Waals surface area (Å²) in [6, 6.07) is 22.5. The summed E-state index contributed by atoms with van der Waals surface area (Å²) in [5.74, 6) is 0.945. The standard InChI is InChI=1S/C51H63N9O8S/c1-51(2,38-7-12-42(13-8-38)68-34-39-17-20-52-50(53-39)55-69(3,65)66)37-5-10-41(11-6-37)67-28-4-21-56-24-26-58(27-25-56)30-35-18-22-57(23-19-35)31-36-32-59(33-36)40-9-14-43-44(29-40)49(64)60(48(43)63)45-15-16-46(61)54-47(45)62/h5-14,17,20,29,35-36,45H,4,15-16,18-19,21-28,30-34H2,1-3H3,(H,52,53,55)(H,54,61,62). The van der Waals surface area contributed by atoms with E-state index in [1.807, 2.05) is 18.2 Å². The third-order valence-electron chi connectivity index (χ3n) is 14.4. The van der Waals surface area contributed by atoms with Crippen molar-refractivity contribution in [2.75, 3.05) is 94.5 Å². The number of amides is 4. The number of hydrogen-bond acceptors (Lipinski definition) is 14. The summed E-state index contributed by atoms with van der Waals surface area (Å²) in [5.41, 5.74) is 4.20. The maximum atomic E-state index is 13.3. The number of nitrogens with one attached hydrogen (secondary N) is 2. The number of ether oxygens (including phenoxy) is 2. The Labute approximate surface area is 404 Å². The minimum absolute atomic E-state index is 0.0125. The summed E-state index contributed by atoms with van der Waals surface area (Å²) < 4.78 is 37.4. The largest absolute Gasteiger partial charge is 0.494 e. The second-order valence-electron chi connectivity index (χ2n) is 19.7. The molecule has 4 aromatic rings. The average molecular weight is 962 g/mol. The predicted molar refractivity (Wildman–Crippen MR) is 261 cm³/mol. The van der Waals surface area contributed by atoms with E-state index in [2.05, 4.69) is 89.9 Å². The van der Waals surface area contributed by atoms with E-state index in [1.165, 1.54) is 31.1 Å². The van der Waals surface area contributed by atoms with Gasteiger partial charge in [-0.05, 0) is 104 Å². The molecule has 366 valence electrons. The molecule has 5 aliphatic heterocycles. The molecule has 1 aromatic heterocycles. The van der Waals surface area contributed by atoms with Gasteiger partial charge in [0.15, 0.2) is 0 Å². The molecule has 17 nitrogen and oxygen atoms in total. The van der Waals surface area contributed by atoms with E-state index >= 15 is 0 Å². The zero-order valence-electron chi connectivity index (χ0n) is 39.8. The minimum atomic E-state index is -3.47. The fourth-order valence-corrected chi connectivity index (χ4v) is 10.7. The lowest BCUT2D eigenvalue weighted by Crippen LogP contribution is -2.54. The summed E-state index contributed by atoms with van der Waals surface area (Å²) in [6.45, 7) is 17.0. The molecule has 2 N–H and O–H groups in total. The number of imide groups is 2. The zero-order valence-corrected chi connectivity index (χ0v) is 40.6. The Morgan fingerprint density at radius 1 is 0.739 bits per heavy atom. The lowest BCUT2D eigenvalue weighted by atomic mass is 9.78. The van der Waals surface area contributed by atoms with Crippen molar-refractivity contribution in [3.8, 4) is 11.5 Å². The number of carbonyl (C=O) groups is 4. The average Bonchev–Trinajstić information content (AvgIpc) is 3.56. The van der Waals surface area contributed by atoms with Crippen LogP contribution in [-0.4, -0.2) is 153 Å². The van der Waals surface area contributed by atoms with E-state index < -0.39 is 33.8 Å². The fourth-order valence-electron chi connectivity index (χ4n) is 10.3. The van der Waals surface area contributed by atoms with Crippen molar-refractivity contribution in [3.63, 3.8) is 0 Å². The lowest BCUT2D eigenvalue weighted by Gasteiger charge is -2.45. The van der Waals surface area contributed by atoms with Crippen molar-refractivity contribution in [2.45, 2.75) is 64.0 Å². The summed E-state index contributed by atoms with van der Waals surface area (Å²) in [5, 5.41) is 2.25. The number of piperidine rings is 2. The normalized spacial score (nSPS) is 20.2. The first-order chi connectivity index (χ1) is 33.1. The molecule has 0 saturated carbocycles. The minimum Gasteiger partial charge on any atom is -0.494 e. The Morgan fingerprint density at radius 3 is 2.03 bits per heavy atom. The number of sulfonamides is 1. The van der Waals surface area contributed by atoms with Gasteiger partial charge in [-0.15, -0.1) is 0 Å². The molecule has 0 bridgehead atoms. The first-order valence-corrected chi connectivity index (χ1v) is 26.1. The van der Waals surface area contributed by atoms with Crippen LogP contribution in [0, 0.1) is 11.8 Å². The number of anilines is 2. The van der Waals surface area contributed by atoms with Crippen LogP contribution in [0.4, 0.5) is 11.6 Å². The summed E-state index contributed by atoms with van der Waals surface area (Å²) >= 11 is 0. The number of rotatable bonds is 18. The van der Waals surface area contributed by atoms with E-state index in [9.17, 15) is 27.6 Å². The van der Waals surface area contributed by atoms with Crippen LogP contribution in [0.15, 0.2) is 79.0 Å². The first-order valence-electron chi connectivity index (χ1n) is 24.2. The summed E-state index contributed by atoms with van der Waals surface area (Å²) in [6.07, 6.45) is 6.23. The maximum absolute atomic E-state index is 13.3. The number of aromatic nitrogens is 2. The van der Waals surface area contributed by atoms with Gasteiger partial charge in [0.1, 0.15) is 24.1 Å². The molecule has 4 amide bonds. The molecular weight excluding hydrogens is 899 g/mol. The summed E-state index contributed by atoms with van der Waals surface area (Å²) in [4.78, 5) is 69.7. The van der Waals surface area contributed by atoms with Crippen molar-refractivity contribution >= 4 is 45.3 Å². The van der Waals surface area contributed by atoms with Crippen LogP contribution in [0.25, 0.3) is 0 Å². The van der Waals surface area contributed by atoms with Crippen LogP contribution in [0.2, 0.25) is 0 Å². The second-order valence-corrected chi connectivity index (χ2v) is 21.5. The van der Waals surface area contributed by atoms with E-state index in [0.717, 1.165) is 106 Å². The van der Waals surface area contributed by atoms with Crippen molar-refractivity contribution in [1.82, 2.24) is 34.9 Å². The third kappa shape index (κ3) is 11.6. The van der Waals surface area contributed by atoms with Gasteiger partial charge in [0.05, 0.1) is 29.7 Å². The highest BCUT2D eigenvalue weighted by atomic mass is 32.2. The number of nitrogens with zero attached hydrogens (tertiary/aromatic N) is 7. The molecule has 0 radical (unpaired) electrons. The van der Waals surface area contributed by atoms with Gasteiger partial charge in [-0.2, -0.15) is 0 Å². The van der Waals surface area contributed by atoms with Gasteiger partial charge in [-0.1, -0.05) is 38.1 Å². The molecule has 6 heterocycles. The number of piperazine rings is 1. The van der Waals surface area contributed by atoms with Crippen LogP contribution >= 0.6 is 0 Å². The molecule has 4 saturated heterocycles. The van der Waals surface area contributed by atoms with E-state index in [4.69, 9.17) is 9.47 Å². The highest BCUT2D eigenvalue weighted by Gasteiger charge is 2.45. The van der Waals surface area contributed by atoms with Crippen LogP contribution in [0.5, 0.6) is 11.5 Å². The monoisotopic (exact) mass is 961 g/mol. The Bertz CT molecular complexity index is 2630. The van der Waals surface area contributed by atoms with Crippen LogP contribution in [0.3, 0.4) is 0 Å². The van der Waals surface area contributed by atoms with Crippen molar-refractivity contribution in [1.29, 1.82) is 0 Å². The predicted octanol–water partition coefficient (Wildman–Crippen LogP) is 4.39. The van der Waals surface area contributed by atoms with E-state index in [-0.39, 0.29) is 36.7 Å². The molecule has 69 heavy (non-hydrogen) atoms. The summed E-state index contributed by atoms with van der Waals surface area (Å²) in [7, 11) is -3.47.